The summed E-state index contributed by atoms with van der Waals surface area (Å²) < 4.78 is 9.81. The van der Waals surface area contributed by atoms with Gasteiger partial charge in [-0.15, -0.1) is 5.11 Å². The number of methoxy groups -OCH3 is 1. The third kappa shape index (κ3) is 5.36. The van der Waals surface area contributed by atoms with Gasteiger partial charge in [0.1, 0.15) is 5.75 Å². The second-order valence-corrected chi connectivity index (χ2v) is 6.30. The van der Waals surface area contributed by atoms with Crippen molar-refractivity contribution in [3.05, 3.63) is 71.7 Å². The molecule has 0 fully saturated rings. The molecule has 1 heterocycles. The van der Waals surface area contributed by atoms with Gasteiger partial charge in [0, 0.05) is 22.7 Å². The number of ether oxygens (including phenoxy) is 2. The molecule has 0 aliphatic heterocycles. The number of fused-ring (bicyclic) bond motifs is 1. The van der Waals surface area contributed by atoms with Crippen LogP contribution < -0.4 is 10.2 Å². The van der Waals surface area contributed by atoms with Gasteiger partial charge in [-0.05, 0) is 37.3 Å². The summed E-state index contributed by atoms with van der Waals surface area (Å²) >= 11 is 0. The number of aromatic nitrogens is 1. The number of carbonyl (C=O) groups excluding carboxylic acids is 2. The van der Waals surface area contributed by atoms with Crippen LogP contribution in [0.1, 0.15) is 12.5 Å². The van der Waals surface area contributed by atoms with Crippen molar-refractivity contribution in [2.45, 2.75) is 6.92 Å². The van der Waals surface area contributed by atoms with Crippen molar-refractivity contribution in [2.75, 3.05) is 13.7 Å². The molecule has 0 bridgehead atoms. The van der Waals surface area contributed by atoms with E-state index in [1.54, 1.807) is 37.4 Å². The van der Waals surface area contributed by atoms with E-state index in [1.807, 2.05) is 24.3 Å². The number of hydrogen-bond acceptors (Lipinski definition) is 8. The van der Waals surface area contributed by atoms with Crippen LogP contribution in [-0.2, 0) is 14.3 Å². The van der Waals surface area contributed by atoms with Gasteiger partial charge in [0.2, 0.25) is 11.5 Å². The Balaban J connectivity index is 1.81. The first-order chi connectivity index (χ1) is 15.5. The minimum absolute atomic E-state index is 0.00608. The van der Waals surface area contributed by atoms with Gasteiger partial charge in [-0.2, -0.15) is 10.2 Å². The molecule has 32 heavy (non-hydrogen) atoms. The topological polar surface area (TPSA) is 138 Å². The van der Waals surface area contributed by atoms with E-state index in [2.05, 4.69) is 25.7 Å². The van der Waals surface area contributed by atoms with E-state index >= 15 is 0 Å². The van der Waals surface area contributed by atoms with E-state index in [0.717, 1.165) is 16.5 Å². The molecule has 1 aromatic heterocycles. The molecule has 0 saturated heterocycles. The Hall–Kier alpha value is -4.47. The highest BCUT2D eigenvalue weighted by Gasteiger charge is 2.22. The van der Waals surface area contributed by atoms with E-state index in [1.165, 1.54) is 13.3 Å². The molecule has 0 saturated carbocycles. The fraction of sp³-hybridized carbons (Fsp3) is 0.136. The molecule has 0 spiro atoms. The first-order valence-corrected chi connectivity index (χ1v) is 9.59. The lowest BCUT2D eigenvalue weighted by atomic mass is 10.2. The van der Waals surface area contributed by atoms with Gasteiger partial charge >= 0.3 is 5.97 Å². The molecule has 3 rings (SSSR count). The average molecular weight is 435 g/mol. The summed E-state index contributed by atoms with van der Waals surface area (Å²) in [5, 5.41) is 22.6. The van der Waals surface area contributed by atoms with Crippen molar-refractivity contribution in [1.29, 1.82) is 0 Å². The number of carbonyl (C=O) groups is 2. The quantitative estimate of drug-likeness (QED) is 0.124. The number of hydrogen-bond donors (Lipinski definition) is 3. The van der Waals surface area contributed by atoms with Crippen LogP contribution in [0.15, 0.2) is 81.5 Å². The highest BCUT2D eigenvalue weighted by molar-refractivity contribution is 6.02. The molecular weight excluding hydrogens is 414 g/mol. The van der Waals surface area contributed by atoms with E-state index < -0.39 is 23.3 Å². The zero-order chi connectivity index (χ0) is 22.9. The number of amides is 1. The number of para-hydroxylation sites is 1. The standard InChI is InChI=1S/C22H21N5O5/c1-3-32-22(30)20(28)19(26-25-15-8-10-16(31-2)11-9-15)21(29)27-24-13-14-12-23-18-7-5-4-6-17(14)18/h4-13,23,28H,3H2,1-2H3,(H,27,29)/b20-19+,24-13+,26-25?. The van der Waals surface area contributed by atoms with Crippen LogP contribution in [0.2, 0.25) is 0 Å². The monoisotopic (exact) mass is 435 g/mol. The predicted molar refractivity (Wildman–Crippen MR) is 118 cm³/mol. The largest absolute Gasteiger partial charge is 0.500 e. The van der Waals surface area contributed by atoms with Crippen LogP contribution in [0.5, 0.6) is 5.75 Å². The van der Waals surface area contributed by atoms with E-state index in [-0.39, 0.29) is 6.61 Å². The minimum atomic E-state index is -1.10. The Labute approximate surface area is 183 Å². The fourth-order valence-corrected chi connectivity index (χ4v) is 2.67. The highest BCUT2D eigenvalue weighted by Crippen LogP contribution is 2.20. The first kappa shape index (κ1) is 22.2. The van der Waals surface area contributed by atoms with Crippen molar-refractivity contribution in [1.82, 2.24) is 10.4 Å². The van der Waals surface area contributed by atoms with Crippen molar-refractivity contribution < 1.29 is 24.2 Å². The smallest absolute Gasteiger partial charge is 0.376 e. The number of H-pyrrole nitrogens is 1. The van der Waals surface area contributed by atoms with Crippen molar-refractivity contribution in [3.8, 4) is 5.75 Å². The molecule has 164 valence electrons. The summed E-state index contributed by atoms with van der Waals surface area (Å²) in [7, 11) is 1.52. The SMILES string of the molecule is CCOC(=O)/C(O)=C(\N=Nc1ccc(OC)cc1)C(=O)N/N=C/c1c[nH]c2ccccc12. The number of hydrazone groups is 1. The lowest BCUT2D eigenvalue weighted by molar-refractivity contribution is -0.142. The number of aliphatic hydroxyl groups excluding tert-OH is 1. The fourth-order valence-electron chi connectivity index (χ4n) is 2.67. The summed E-state index contributed by atoms with van der Waals surface area (Å²) in [4.78, 5) is 27.6. The Bertz CT molecular complexity index is 1190. The van der Waals surface area contributed by atoms with E-state index in [9.17, 15) is 14.7 Å². The van der Waals surface area contributed by atoms with Gasteiger partial charge in [0.15, 0.2) is 0 Å². The van der Waals surface area contributed by atoms with Crippen LogP contribution in [0.25, 0.3) is 10.9 Å². The summed E-state index contributed by atoms with van der Waals surface area (Å²) in [5.74, 6) is -2.42. The number of esters is 1. The van der Waals surface area contributed by atoms with Crippen molar-refractivity contribution in [3.63, 3.8) is 0 Å². The zero-order valence-corrected chi connectivity index (χ0v) is 17.4. The molecule has 0 aliphatic carbocycles. The molecule has 3 N–H and O–H groups in total. The number of aromatic amines is 1. The maximum atomic E-state index is 12.6. The van der Waals surface area contributed by atoms with Crippen molar-refractivity contribution in [2.24, 2.45) is 15.3 Å². The second-order valence-electron chi connectivity index (χ2n) is 6.30. The summed E-state index contributed by atoms with van der Waals surface area (Å²) in [6, 6.07) is 14.1. The van der Waals surface area contributed by atoms with Crippen LogP contribution in [0, 0.1) is 0 Å². The third-order valence-corrected chi connectivity index (χ3v) is 4.24. The van der Waals surface area contributed by atoms with E-state index in [0.29, 0.717) is 11.4 Å². The number of nitrogens with one attached hydrogen (secondary N) is 2. The lowest BCUT2D eigenvalue weighted by Crippen LogP contribution is -2.22. The summed E-state index contributed by atoms with van der Waals surface area (Å²) in [6.07, 6.45) is 3.16. The molecule has 0 atom stereocenters. The van der Waals surface area contributed by atoms with Crippen LogP contribution in [-0.4, -0.2) is 41.9 Å². The molecular formula is C22H21N5O5. The lowest BCUT2D eigenvalue weighted by Gasteiger charge is -2.04. The number of nitrogens with zero attached hydrogens (tertiary/aromatic N) is 3. The summed E-state index contributed by atoms with van der Waals surface area (Å²) in [5.41, 5.74) is 3.61. The van der Waals surface area contributed by atoms with Crippen LogP contribution in [0.3, 0.4) is 0 Å². The maximum Gasteiger partial charge on any atom is 0.376 e. The molecule has 3 aromatic rings. The third-order valence-electron chi connectivity index (χ3n) is 4.24. The number of aliphatic hydroxyl groups is 1. The number of rotatable bonds is 8. The van der Waals surface area contributed by atoms with Crippen LogP contribution >= 0.6 is 0 Å². The van der Waals surface area contributed by atoms with Gasteiger partial charge in [-0.3, -0.25) is 4.79 Å². The van der Waals surface area contributed by atoms with Gasteiger partial charge in [0.25, 0.3) is 5.91 Å². The predicted octanol–water partition coefficient (Wildman–Crippen LogP) is 3.74. The molecule has 1 amide bonds. The van der Waals surface area contributed by atoms with Crippen molar-refractivity contribution >= 4 is 34.7 Å². The van der Waals surface area contributed by atoms with Crippen LogP contribution in [0.4, 0.5) is 5.69 Å². The minimum Gasteiger partial charge on any atom is -0.500 e. The normalized spacial score (nSPS) is 12.2. The van der Waals surface area contributed by atoms with E-state index in [4.69, 9.17) is 9.47 Å². The molecule has 0 aliphatic rings. The number of benzene rings is 2. The second kappa shape index (κ2) is 10.5. The molecule has 0 radical (unpaired) electrons. The van der Waals surface area contributed by atoms with Gasteiger partial charge in [-0.1, -0.05) is 18.2 Å². The van der Waals surface area contributed by atoms with Gasteiger partial charge < -0.3 is 19.6 Å². The molecule has 10 heteroatoms. The Morgan fingerprint density at radius 2 is 1.91 bits per heavy atom. The molecule has 10 nitrogen and oxygen atoms in total. The average Bonchev–Trinajstić information content (AvgIpc) is 3.22. The Morgan fingerprint density at radius 1 is 1.16 bits per heavy atom. The Morgan fingerprint density at radius 3 is 2.62 bits per heavy atom. The van der Waals surface area contributed by atoms with Gasteiger partial charge in [-0.25, -0.2) is 10.2 Å². The highest BCUT2D eigenvalue weighted by atomic mass is 16.5. The zero-order valence-electron chi connectivity index (χ0n) is 17.4. The number of azo groups is 1. The molecule has 0 unspecified atom stereocenters. The van der Waals surface area contributed by atoms with Gasteiger partial charge in [0.05, 0.1) is 25.6 Å². The Kier molecular flexibility index (Phi) is 7.31. The first-order valence-electron chi connectivity index (χ1n) is 9.59. The molecule has 2 aromatic carbocycles. The maximum absolute atomic E-state index is 12.6. The summed E-state index contributed by atoms with van der Waals surface area (Å²) in [6.45, 7) is 1.57.